The van der Waals surface area contributed by atoms with Gasteiger partial charge in [-0.05, 0) is 25.1 Å². The first-order chi connectivity index (χ1) is 11.8. The van der Waals surface area contributed by atoms with Gasteiger partial charge in [0.25, 0.3) is 0 Å². The average Bonchev–Trinajstić information content (AvgIpc) is 2.56. The molecule has 1 aromatic carbocycles. The molecule has 0 saturated carbocycles. The first-order valence-corrected chi connectivity index (χ1v) is 7.81. The quantitative estimate of drug-likeness (QED) is 0.805. The van der Waals surface area contributed by atoms with Gasteiger partial charge in [0.15, 0.2) is 0 Å². The van der Waals surface area contributed by atoms with Crippen LogP contribution in [0.3, 0.4) is 0 Å². The van der Waals surface area contributed by atoms with Crippen molar-refractivity contribution < 1.29 is 18.0 Å². The molecule has 2 amide bonds. The van der Waals surface area contributed by atoms with E-state index in [1.807, 2.05) is 6.07 Å². The first-order valence-electron chi connectivity index (χ1n) is 6.99. The highest BCUT2D eigenvalue weighted by molar-refractivity contribution is 7.99. The van der Waals surface area contributed by atoms with E-state index in [2.05, 4.69) is 20.6 Å². The zero-order chi connectivity index (χ0) is 18.4. The Morgan fingerprint density at radius 3 is 2.72 bits per heavy atom. The Morgan fingerprint density at radius 2 is 2.08 bits per heavy atom. The number of benzene rings is 1. The van der Waals surface area contributed by atoms with Crippen LogP contribution in [0.5, 0.6) is 0 Å². The number of alkyl halides is 3. The number of rotatable bonds is 4. The van der Waals surface area contributed by atoms with Crippen molar-refractivity contribution in [3.63, 3.8) is 0 Å². The van der Waals surface area contributed by atoms with Crippen LogP contribution in [-0.4, -0.2) is 22.5 Å². The van der Waals surface area contributed by atoms with E-state index in [-0.39, 0.29) is 10.6 Å². The molecule has 0 saturated heterocycles. The molecule has 6 nitrogen and oxygen atoms in total. The number of hydrogen-bond acceptors (Lipinski definition) is 5. The van der Waals surface area contributed by atoms with E-state index in [0.717, 1.165) is 24.2 Å². The van der Waals surface area contributed by atoms with Gasteiger partial charge in [-0.15, -0.1) is 0 Å². The van der Waals surface area contributed by atoms with Crippen molar-refractivity contribution in [3.8, 4) is 6.07 Å². The van der Waals surface area contributed by atoms with Crippen molar-refractivity contribution in [3.05, 3.63) is 41.9 Å². The van der Waals surface area contributed by atoms with Crippen molar-refractivity contribution in [1.29, 1.82) is 5.26 Å². The van der Waals surface area contributed by atoms with Crippen LogP contribution in [0.4, 0.5) is 23.7 Å². The number of urea groups is 1. The van der Waals surface area contributed by atoms with Gasteiger partial charge >= 0.3 is 12.2 Å². The Balaban J connectivity index is 2.23. The number of nitrogens with one attached hydrogen (secondary N) is 2. The van der Waals surface area contributed by atoms with Gasteiger partial charge in [0.2, 0.25) is 0 Å². The normalized spacial score (nSPS) is 10.8. The van der Waals surface area contributed by atoms with Crippen LogP contribution in [0.15, 0.2) is 40.5 Å². The largest absolute Gasteiger partial charge is 0.433 e. The summed E-state index contributed by atoms with van der Waals surface area (Å²) in [6.07, 6.45) is -3.75. The number of hydrogen-bond donors (Lipinski definition) is 2. The number of anilines is 1. The van der Waals surface area contributed by atoms with Gasteiger partial charge in [0.1, 0.15) is 23.1 Å². The van der Waals surface area contributed by atoms with E-state index in [4.69, 9.17) is 0 Å². The minimum Gasteiger partial charge on any atom is -0.338 e. The maximum absolute atomic E-state index is 12.7. The van der Waals surface area contributed by atoms with Crippen LogP contribution in [0.2, 0.25) is 0 Å². The summed E-state index contributed by atoms with van der Waals surface area (Å²) in [6, 6.07) is 6.85. The Bertz CT molecular complexity index is 820. The Labute approximate surface area is 145 Å². The third-order valence-electron chi connectivity index (χ3n) is 2.84. The van der Waals surface area contributed by atoms with Crippen LogP contribution in [-0.2, 0) is 6.18 Å². The maximum Gasteiger partial charge on any atom is 0.433 e. The van der Waals surface area contributed by atoms with Gasteiger partial charge in [-0.1, -0.05) is 11.8 Å². The van der Waals surface area contributed by atoms with Crippen LogP contribution >= 0.6 is 11.8 Å². The molecule has 0 aliphatic heterocycles. The van der Waals surface area contributed by atoms with E-state index >= 15 is 0 Å². The number of carbonyl (C=O) groups excluding carboxylic acids is 1. The Hall–Kier alpha value is -2.80. The van der Waals surface area contributed by atoms with Gasteiger partial charge in [-0.2, -0.15) is 18.4 Å². The second-order valence-corrected chi connectivity index (χ2v) is 5.71. The van der Waals surface area contributed by atoms with E-state index < -0.39 is 17.9 Å². The van der Waals surface area contributed by atoms with Crippen LogP contribution in [0.25, 0.3) is 0 Å². The fourth-order valence-corrected chi connectivity index (χ4v) is 2.63. The van der Waals surface area contributed by atoms with Gasteiger partial charge < -0.3 is 10.6 Å². The standard InChI is InChI=1S/C15H12F3N5OS/c1-2-20-14(24)23-10-3-4-11(9(5-10)7-19)25-13-6-12(15(16,17)18)21-8-22-13/h3-6,8H,2H2,1H3,(H2,20,23,24). The summed E-state index contributed by atoms with van der Waals surface area (Å²) in [6.45, 7) is 2.21. The SMILES string of the molecule is CCNC(=O)Nc1ccc(Sc2cc(C(F)(F)F)ncn2)c(C#N)c1. The number of amides is 2. The number of halogens is 3. The van der Waals surface area contributed by atoms with E-state index in [9.17, 15) is 23.2 Å². The molecule has 0 radical (unpaired) electrons. The highest BCUT2D eigenvalue weighted by Crippen LogP contribution is 2.33. The zero-order valence-electron chi connectivity index (χ0n) is 12.9. The zero-order valence-corrected chi connectivity index (χ0v) is 13.7. The lowest BCUT2D eigenvalue weighted by molar-refractivity contribution is -0.141. The molecule has 1 heterocycles. The second kappa shape index (κ2) is 7.85. The molecule has 25 heavy (non-hydrogen) atoms. The molecule has 0 aliphatic rings. The summed E-state index contributed by atoms with van der Waals surface area (Å²) in [5.41, 5.74) is -0.463. The number of nitriles is 1. The molecule has 10 heteroatoms. The third kappa shape index (κ3) is 5.09. The van der Waals surface area contributed by atoms with Crippen molar-refractivity contribution in [2.75, 3.05) is 11.9 Å². The molecule has 0 atom stereocenters. The molecule has 0 fully saturated rings. The van der Waals surface area contributed by atoms with Crippen LogP contribution < -0.4 is 10.6 Å². The van der Waals surface area contributed by atoms with Crippen molar-refractivity contribution >= 4 is 23.5 Å². The molecular weight excluding hydrogens is 355 g/mol. The summed E-state index contributed by atoms with van der Waals surface area (Å²) >= 11 is 0.905. The molecular formula is C15H12F3N5OS. The fraction of sp³-hybridized carbons (Fsp3) is 0.200. The second-order valence-electron chi connectivity index (χ2n) is 4.65. The summed E-state index contributed by atoms with van der Waals surface area (Å²) < 4.78 is 38.1. The fourth-order valence-electron chi connectivity index (χ4n) is 1.78. The Morgan fingerprint density at radius 1 is 1.32 bits per heavy atom. The van der Waals surface area contributed by atoms with Crippen LogP contribution in [0.1, 0.15) is 18.2 Å². The topological polar surface area (TPSA) is 90.7 Å². The average molecular weight is 367 g/mol. The van der Waals surface area contributed by atoms with E-state index in [1.54, 1.807) is 13.0 Å². The predicted molar refractivity (Wildman–Crippen MR) is 85.0 cm³/mol. The summed E-state index contributed by atoms with van der Waals surface area (Å²) in [5.74, 6) is 0. The van der Waals surface area contributed by atoms with Crippen molar-refractivity contribution in [2.45, 2.75) is 23.0 Å². The molecule has 2 N–H and O–H groups in total. The van der Waals surface area contributed by atoms with E-state index in [0.29, 0.717) is 17.1 Å². The van der Waals surface area contributed by atoms with Crippen LogP contribution in [0, 0.1) is 11.3 Å². The van der Waals surface area contributed by atoms with Crippen molar-refractivity contribution in [2.24, 2.45) is 0 Å². The molecule has 0 spiro atoms. The summed E-state index contributed by atoms with van der Waals surface area (Å²) in [7, 11) is 0. The number of carbonyl (C=O) groups is 1. The third-order valence-corrected chi connectivity index (χ3v) is 3.85. The summed E-state index contributed by atoms with van der Waals surface area (Å²) in [5, 5.41) is 14.4. The number of aromatic nitrogens is 2. The minimum absolute atomic E-state index is 0.0586. The molecule has 130 valence electrons. The first kappa shape index (κ1) is 18.5. The van der Waals surface area contributed by atoms with Gasteiger partial charge in [0.05, 0.1) is 5.56 Å². The molecule has 1 aromatic heterocycles. The van der Waals surface area contributed by atoms with Gasteiger partial charge in [-0.25, -0.2) is 14.8 Å². The number of nitrogens with zero attached hydrogens (tertiary/aromatic N) is 3. The summed E-state index contributed by atoms with van der Waals surface area (Å²) in [4.78, 5) is 18.9. The highest BCUT2D eigenvalue weighted by Gasteiger charge is 2.32. The molecule has 0 unspecified atom stereocenters. The maximum atomic E-state index is 12.7. The monoisotopic (exact) mass is 367 g/mol. The minimum atomic E-state index is -4.57. The molecule has 0 aliphatic carbocycles. The predicted octanol–water partition coefficient (Wildman–Crippen LogP) is 3.66. The Kier molecular flexibility index (Phi) is 5.82. The molecule has 0 bridgehead atoms. The molecule has 2 aromatic rings. The van der Waals surface area contributed by atoms with Gasteiger partial charge in [-0.3, -0.25) is 0 Å². The van der Waals surface area contributed by atoms with E-state index in [1.165, 1.54) is 12.1 Å². The lowest BCUT2D eigenvalue weighted by Gasteiger charge is -2.09. The highest BCUT2D eigenvalue weighted by atomic mass is 32.2. The van der Waals surface area contributed by atoms with Gasteiger partial charge in [0, 0.05) is 23.2 Å². The lowest BCUT2D eigenvalue weighted by Crippen LogP contribution is -2.28. The lowest BCUT2D eigenvalue weighted by atomic mass is 10.2. The smallest absolute Gasteiger partial charge is 0.338 e. The van der Waals surface area contributed by atoms with Crippen molar-refractivity contribution in [1.82, 2.24) is 15.3 Å². The molecule has 2 rings (SSSR count).